The lowest BCUT2D eigenvalue weighted by Crippen LogP contribution is -2.15. The first-order chi connectivity index (χ1) is 13.5. The number of halogens is 1. The summed E-state index contributed by atoms with van der Waals surface area (Å²) in [5.41, 5.74) is 3.90. The van der Waals surface area contributed by atoms with Crippen molar-refractivity contribution >= 4 is 35.0 Å². The minimum atomic E-state index is -0.0953. The number of benzene rings is 2. The highest BCUT2D eigenvalue weighted by Gasteiger charge is 2.10. The number of hydrogen-bond donors (Lipinski definition) is 1. The summed E-state index contributed by atoms with van der Waals surface area (Å²) in [4.78, 5) is 12.4. The van der Waals surface area contributed by atoms with Crippen molar-refractivity contribution in [2.45, 2.75) is 26.0 Å². The molecule has 1 heterocycles. The van der Waals surface area contributed by atoms with Gasteiger partial charge < -0.3 is 5.32 Å². The van der Waals surface area contributed by atoms with Crippen LogP contribution >= 0.6 is 23.4 Å². The Kier molecular flexibility index (Phi) is 7.06. The van der Waals surface area contributed by atoms with E-state index in [4.69, 9.17) is 11.6 Å². The smallest absolute Gasteiger partial charge is 0.234 e. The Bertz CT molecular complexity index is 930. The van der Waals surface area contributed by atoms with Crippen molar-refractivity contribution in [2.75, 3.05) is 11.1 Å². The van der Waals surface area contributed by atoms with Gasteiger partial charge in [-0.05, 0) is 52.1 Å². The molecule has 2 aromatic carbocycles. The minimum Gasteiger partial charge on any atom is -0.324 e. The Morgan fingerprint density at radius 3 is 2.71 bits per heavy atom. The van der Waals surface area contributed by atoms with Crippen molar-refractivity contribution in [1.82, 2.24) is 20.2 Å². The van der Waals surface area contributed by atoms with E-state index in [1.165, 1.54) is 22.1 Å². The second-order valence-electron chi connectivity index (χ2n) is 6.83. The molecule has 1 amide bonds. The van der Waals surface area contributed by atoms with E-state index >= 15 is 0 Å². The molecule has 146 valence electrons. The molecule has 28 heavy (non-hydrogen) atoms. The Labute approximate surface area is 173 Å². The van der Waals surface area contributed by atoms with Crippen LogP contribution in [0.4, 0.5) is 5.69 Å². The fraction of sp³-hybridized carbons (Fsp3) is 0.300. The summed E-state index contributed by atoms with van der Waals surface area (Å²) in [6.45, 7) is 4.43. The van der Waals surface area contributed by atoms with Crippen LogP contribution in [0.5, 0.6) is 0 Å². The lowest BCUT2D eigenvalue weighted by atomic mass is 9.99. The largest absolute Gasteiger partial charge is 0.324 e. The van der Waals surface area contributed by atoms with Gasteiger partial charge in [-0.1, -0.05) is 49.7 Å². The molecule has 1 aromatic heterocycles. The number of nitrogens with zero attached hydrogens (tertiary/aromatic N) is 4. The highest BCUT2D eigenvalue weighted by Crippen LogP contribution is 2.25. The van der Waals surface area contributed by atoms with Crippen LogP contribution in [0.1, 0.15) is 25.0 Å². The standard InChI is InChI=1S/C20H22ClN5OS/c1-14(2)9-15-5-3-4-6-16(15)11-28-12-20(27)23-19-10-17(7-8-18(19)21)26-13-22-24-25-26/h3-8,10,13-14H,9,11-12H2,1-2H3,(H,23,27). The fourth-order valence-corrected chi connectivity index (χ4v) is 3.83. The van der Waals surface area contributed by atoms with Crippen molar-refractivity contribution in [1.29, 1.82) is 0 Å². The number of nitrogens with one attached hydrogen (secondary N) is 1. The zero-order valence-corrected chi connectivity index (χ0v) is 17.4. The van der Waals surface area contributed by atoms with Crippen LogP contribution in [-0.4, -0.2) is 31.9 Å². The number of rotatable bonds is 8. The second kappa shape index (κ2) is 9.71. The molecule has 0 unspecified atom stereocenters. The average Bonchev–Trinajstić information content (AvgIpc) is 3.19. The third-order valence-electron chi connectivity index (χ3n) is 4.07. The molecule has 6 nitrogen and oxygen atoms in total. The maximum Gasteiger partial charge on any atom is 0.234 e. The zero-order chi connectivity index (χ0) is 19.9. The lowest BCUT2D eigenvalue weighted by molar-refractivity contribution is -0.113. The van der Waals surface area contributed by atoms with Crippen LogP contribution in [0.15, 0.2) is 48.8 Å². The predicted octanol–water partition coefficient (Wildman–Crippen LogP) is 4.39. The molecular formula is C20H22ClN5OS. The summed E-state index contributed by atoms with van der Waals surface area (Å²) in [6, 6.07) is 13.7. The number of carbonyl (C=O) groups excluding carboxylic acids is 1. The topological polar surface area (TPSA) is 72.7 Å². The molecule has 8 heteroatoms. The number of thioether (sulfide) groups is 1. The van der Waals surface area contributed by atoms with Gasteiger partial charge in [0.05, 0.1) is 22.2 Å². The summed E-state index contributed by atoms with van der Waals surface area (Å²) in [7, 11) is 0. The summed E-state index contributed by atoms with van der Waals surface area (Å²) < 4.78 is 1.51. The quantitative estimate of drug-likeness (QED) is 0.590. The number of aromatic nitrogens is 4. The summed E-state index contributed by atoms with van der Waals surface area (Å²) in [5.74, 6) is 1.65. The highest BCUT2D eigenvalue weighted by molar-refractivity contribution is 7.99. The first kappa shape index (κ1) is 20.4. The van der Waals surface area contributed by atoms with Gasteiger partial charge in [0.1, 0.15) is 6.33 Å². The van der Waals surface area contributed by atoms with Gasteiger partial charge in [-0.2, -0.15) is 0 Å². The molecule has 0 atom stereocenters. The van der Waals surface area contributed by atoms with Gasteiger partial charge in [-0.25, -0.2) is 4.68 Å². The van der Waals surface area contributed by atoms with Crippen molar-refractivity contribution in [2.24, 2.45) is 5.92 Å². The third kappa shape index (κ3) is 5.56. The van der Waals surface area contributed by atoms with Gasteiger partial charge in [0.2, 0.25) is 5.91 Å². The number of hydrogen-bond acceptors (Lipinski definition) is 5. The van der Waals surface area contributed by atoms with Crippen LogP contribution < -0.4 is 5.32 Å². The Balaban J connectivity index is 1.58. The molecule has 0 bridgehead atoms. The van der Waals surface area contributed by atoms with E-state index in [-0.39, 0.29) is 5.91 Å². The van der Waals surface area contributed by atoms with Crippen LogP contribution in [-0.2, 0) is 17.0 Å². The lowest BCUT2D eigenvalue weighted by Gasteiger charge is -2.12. The van der Waals surface area contributed by atoms with Crippen molar-refractivity contribution in [3.63, 3.8) is 0 Å². The Hall–Kier alpha value is -2.38. The summed E-state index contributed by atoms with van der Waals surface area (Å²) in [5, 5.41) is 14.4. The first-order valence-electron chi connectivity index (χ1n) is 9.00. The van der Waals surface area contributed by atoms with Gasteiger partial charge in [0.25, 0.3) is 0 Å². The molecule has 0 radical (unpaired) electrons. The number of tetrazole rings is 1. The molecule has 0 spiro atoms. The van der Waals surface area contributed by atoms with Gasteiger partial charge in [0, 0.05) is 5.75 Å². The minimum absolute atomic E-state index is 0.0953. The van der Waals surface area contributed by atoms with Crippen molar-refractivity contribution < 1.29 is 4.79 Å². The van der Waals surface area contributed by atoms with E-state index in [2.05, 4.69) is 52.9 Å². The monoisotopic (exact) mass is 415 g/mol. The van der Waals surface area contributed by atoms with E-state index in [1.807, 2.05) is 6.07 Å². The summed E-state index contributed by atoms with van der Waals surface area (Å²) in [6.07, 6.45) is 2.53. The van der Waals surface area contributed by atoms with Gasteiger partial charge >= 0.3 is 0 Å². The maximum absolute atomic E-state index is 12.4. The van der Waals surface area contributed by atoms with Crippen LogP contribution in [0.3, 0.4) is 0 Å². The SMILES string of the molecule is CC(C)Cc1ccccc1CSCC(=O)Nc1cc(-n2cnnn2)ccc1Cl. The van der Waals surface area contributed by atoms with E-state index in [9.17, 15) is 4.79 Å². The van der Waals surface area contributed by atoms with E-state index in [0.717, 1.165) is 17.9 Å². The van der Waals surface area contributed by atoms with Gasteiger partial charge in [-0.3, -0.25) is 4.79 Å². The summed E-state index contributed by atoms with van der Waals surface area (Å²) >= 11 is 7.81. The van der Waals surface area contributed by atoms with Crippen molar-refractivity contribution in [3.05, 3.63) is 64.9 Å². The molecule has 0 saturated heterocycles. The molecule has 0 aliphatic rings. The molecule has 0 aliphatic heterocycles. The molecule has 3 rings (SSSR count). The molecule has 0 fully saturated rings. The third-order valence-corrected chi connectivity index (χ3v) is 5.39. The van der Waals surface area contributed by atoms with Crippen LogP contribution in [0, 0.1) is 5.92 Å². The normalized spacial score (nSPS) is 11.0. The highest BCUT2D eigenvalue weighted by atomic mass is 35.5. The van der Waals surface area contributed by atoms with Crippen molar-refractivity contribution in [3.8, 4) is 5.69 Å². The van der Waals surface area contributed by atoms with E-state index in [1.54, 1.807) is 30.0 Å². The first-order valence-corrected chi connectivity index (χ1v) is 10.5. The predicted molar refractivity (Wildman–Crippen MR) is 114 cm³/mol. The molecule has 0 saturated carbocycles. The van der Waals surface area contributed by atoms with Gasteiger partial charge in [0.15, 0.2) is 0 Å². The van der Waals surface area contributed by atoms with E-state index < -0.39 is 0 Å². The molecule has 0 aliphatic carbocycles. The average molecular weight is 416 g/mol. The molecule has 3 aromatic rings. The molecular weight excluding hydrogens is 394 g/mol. The number of carbonyl (C=O) groups is 1. The maximum atomic E-state index is 12.4. The second-order valence-corrected chi connectivity index (χ2v) is 8.22. The van der Waals surface area contributed by atoms with Gasteiger partial charge in [-0.15, -0.1) is 16.9 Å². The zero-order valence-electron chi connectivity index (χ0n) is 15.8. The van der Waals surface area contributed by atoms with E-state index in [0.29, 0.717) is 22.4 Å². The Morgan fingerprint density at radius 2 is 2.00 bits per heavy atom. The number of anilines is 1. The van der Waals surface area contributed by atoms with Crippen LogP contribution in [0.25, 0.3) is 5.69 Å². The Morgan fingerprint density at radius 1 is 1.21 bits per heavy atom. The number of amides is 1. The van der Waals surface area contributed by atoms with Crippen LogP contribution in [0.2, 0.25) is 5.02 Å². The molecule has 1 N–H and O–H groups in total. The fourth-order valence-electron chi connectivity index (χ4n) is 2.81.